The van der Waals surface area contributed by atoms with E-state index < -0.39 is 97.5 Å². The fourth-order valence-corrected chi connectivity index (χ4v) is 15.4. The van der Waals surface area contributed by atoms with E-state index in [0.717, 1.165) is 95.8 Å². The van der Waals surface area contributed by atoms with Crippen LogP contribution in [0.3, 0.4) is 0 Å². The van der Waals surface area contributed by atoms with Crippen LogP contribution in [-0.2, 0) is 65.4 Å². The van der Waals surface area contributed by atoms with Gasteiger partial charge in [-0.2, -0.15) is 0 Å². The standard InChI is InChI=1S/C88H172O17P2/c1-6-9-12-15-18-21-24-27-29-31-32-34-38-44-49-54-59-64-69-74-88(93)105-84(78-99-86(91)72-67-62-57-52-47-42-39-35-36-41-45-50-55-60-65-70-81(4)5)80-103-107(96,97)101-76-82(89)75-100-106(94,95)102-79-83(77-98-85(90)71-66-61-56-51-46-40-26-23-20-17-14-11-8-3)104-87(92)73-68-63-58-53-48-43-37-33-30-28-25-22-19-16-13-10-7-2/h81-84,89H,6-80H2,1-5H3,(H,94,95)(H,96,97)/t82-,83+,84+/m0/s1. The molecule has 0 heterocycles. The zero-order chi connectivity index (χ0) is 78.3. The summed E-state index contributed by atoms with van der Waals surface area (Å²) in [5.74, 6) is -1.29. The molecule has 0 aliphatic rings. The Morgan fingerprint density at radius 1 is 0.252 bits per heavy atom. The van der Waals surface area contributed by atoms with E-state index in [1.54, 1.807) is 0 Å². The summed E-state index contributed by atoms with van der Waals surface area (Å²) in [4.78, 5) is 73.4. The topological polar surface area (TPSA) is 237 Å². The van der Waals surface area contributed by atoms with Crippen molar-refractivity contribution in [3.05, 3.63) is 0 Å². The highest BCUT2D eigenvalue weighted by atomic mass is 31.2. The number of carbonyl (C=O) groups is 4. The molecule has 0 fully saturated rings. The van der Waals surface area contributed by atoms with E-state index in [2.05, 4.69) is 34.6 Å². The number of esters is 4. The van der Waals surface area contributed by atoms with Crippen molar-refractivity contribution in [2.45, 2.75) is 496 Å². The highest BCUT2D eigenvalue weighted by Gasteiger charge is 2.30. The summed E-state index contributed by atoms with van der Waals surface area (Å²) in [5, 5.41) is 10.7. The number of aliphatic hydroxyl groups excluding tert-OH is 1. The molecule has 2 unspecified atom stereocenters. The average Bonchev–Trinajstić information content (AvgIpc) is 0.905. The van der Waals surface area contributed by atoms with Crippen molar-refractivity contribution in [2.24, 2.45) is 5.92 Å². The molecule has 0 rings (SSSR count). The molecule has 0 saturated carbocycles. The first-order chi connectivity index (χ1) is 52.0. The van der Waals surface area contributed by atoms with Gasteiger partial charge in [0.1, 0.15) is 19.3 Å². The number of hydrogen-bond donors (Lipinski definition) is 3. The number of unbranched alkanes of at least 4 members (excludes halogenated alkanes) is 60. The van der Waals surface area contributed by atoms with Crippen LogP contribution in [0.1, 0.15) is 478 Å². The van der Waals surface area contributed by atoms with E-state index >= 15 is 0 Å². The monoisotopic (exact) mass is 1560 g/mol. The molecule has 0 aromatic heterocycles. The van der Waals surface area contributed by atoms with Gasteiger partial charge < -0.3 is 33.8 Å². The SMILES string of the molecule is CCCCCCCCCCCCCCCCCCCCCC(=O)O[C@H](COC(=O)CCCCCCCCCCCCCCCCCC(C)C)COP(=O)(O)OC[C@@H](O)COP(=O)(O)OC[C@@H](COC(=O)CCCCCCCCCCCCCCC)OC(=O)CCCCCCCCCCCCCCCCCCC. The maximum Gasteiger partial charge on any atom is 0.472 e. The van der Waals surface area contributed by atoms with Crippen LogP contribution in [0.2, 0.25) is 0 Å². The fraction of sp³-hybridized carbons (Fsp3) is 0.955. The molecule has 636 valence electrons. The Morgan fingerprint density at radius 3 is 0.636 bits per heavy atom. The van der Waals surface area contributed by atoms with E-state index in [0.29, 0.717) is 25.7 Å². The zero-order valence-corrected chi connectivity index (χ0v) is 72.1. The van der Waals surface area contributed by atoms with Crippen LogP contribution in [0.25, 0.3) is 0 Å². The molecule has 0 aliphatic carbocycles. The summed E-state index contributed by atoms with van der Waals surface area (Å²) in [6.07, 6.45) is 74.9. The Labute approximate surface area is 658 Å². The highest BCUT2D eigenvalue weighted by Crippen LogP contribution is 2.45. The van der Waals surface area contributed by atoms with Crippen LogP contribution >= 0.6 is 15.6 Å². The van der Waals surface area contributed by atoms with Gasteiger partial charge >= 0.3 is 39.5 Å². The summed E-state index contributed by atoms with van der Waals surface area (Å²) in [5.41, 5.74) is 0. The fourth-order valence-electron chi connectivity index (χ4n) is 13.8. The van der Waals surface area contributed by atoms with Crippen molar-refractivity contribution in [2.75, 3.05) is 39.6 Å². The number of phosphoric acid groups is 2. The number of hydrogen-bond acceptors (Lipinski definition) is 15. The Hall–Kier alpha value is -1.94. The molecule has 5 atom stereocenters. The van der Waals surface area contributed by atoms with Crippen LogP contribution in [-0.4, -0.2) is 96.7 Å². The lowest BCUT2D eigenvalue weighted by Gasteiger charge is -2.21. The van der Waals surface area contributed by atoms with Crippen LogP contribution in [0.4, 0.5) is 0 Å². The molecule has 0 aromatic rings. The first kappa shape index (κ1) is 105. The smallest absolute Gasteiger partial charge is 0.462 e. The van der Waals surface area contributed by atoms with Gasteiger partial charge in [-0.25, -0.2) is 9.13 Å². The molecule has 0 aromatic carbocycles. The van der Waals surface area contributed by atoms with Gasteiger partial charge in [0.2, 0.25) is 0 Å². The number of rotatable bonds is 88. The third-order valence-corrected chi connectivity index (χ3v) is 22.7. The summed E-state index contributed by atoms with van der Waals surface area (Å²) < 4.78 is 69.0. The summed E-state index contributed by atoms with van der Waals surface area (Å²) in [6.45, 7) is 7.42. The van der Waals surface area contributed by atoms with Gasteiger partial charge in [0.25, 0.3) is 0 Å². The zero-order valence-electron chi connectivity index (χ0n) is 70.3. The van der Waals surface area contributed by atoms with Crippen molar-refractivity contribution >= 4 is 39.5 Å². The Bertz CT molecular complexity index is 2030. The minimum Gasteiger partial charge on any atom is -0.462 e. The largest absolute Gasteiger partial charge is 0.472 e. The lowest BCUT2D eigenvalue weighted by Crippen LogP contribution is -2.30. The lowest BCUT2D eigenvalue weighted by molar-refractivity contribution is -0.161. The minimum absolute atomic E-state index is 0.109. The summed E-state index contributed by atoms with van der Waals surface area (Å²) in [6, 6.07) is 0. The van der Waals surface area contributed by atoms with Gasteiger partial charge in [-0.3, -0.25) is 37.3 Å². The minimum atomic E-state index is -4.97. The third-order valence-electron chi connectivity index (χ3n) is 20.8. The van der Waals surface area contributed by atoms with E-state index in [4.69, 9.17) is 37.0 Å². The van der Waals surface area contributed by atoms with Gasteiger partial charge in [-0.05, 0) is 31.6 Å². The second-order valence-electron chi connectivity index (χ2n) is 32.1. The van der Waals surface area contributed by atoms with Crippen molar-refractivity contribution in [1.29, 1.82) is 0 Å². The number of ether oxygens (including phenoxy) is 4. The number of aliphatic hydroxyl groups is 1. The van der Waals surface area contributed by atoms with Crippen molar-refractivity contribution in [3.8, 4) is 0 Å². The van der Waals surface area contributed by atoms with Crippen LogP contribution in [0, 0.1) is 5.92 Å². The Kier molecular flexibility index (Phi) is 79.2. The van der Waals surface area contributed by atoms with Crippen molar-refractivity contribution in [3.63, 3.8) is 0 Å². The van der Waals surface area contributed by atoms with Crippen molar-refractivity contribution in [1.82, 2.24) is 0 Å². The molecule has 0 bridgehead atoms. The molecule has 3 N–H and O–H groups in total. The Balaban J connectivity index is 5.26. The van der Waals surface area contributed by atoms with E-state index in [-0.39, 0.29) is 25.7 Å². The third kappa shape index (κ3) is 81.9. The van der Waals surface area contributed by atoms with Gasteiger partial charge in [0.05, 0.1) is 26.4 Å². The predicted octanol–water partition coefficient (Wildman–Crippen LogP) is 27.2. The summed E-state index contributed by atoms with van der Waals surface area (Å²) in [7, 11) is -9.93. The van der Waals surface area contributed by atoms with Crippen LogP contribution in [0.15, 0.2) is 0 Å². The molecule has 0 amide bonds. The second kappa shape index (κ2) is 80.7. The molecule has 0 aliphatic heterocycles. The summed E-state index contributed by atoms with van der Waals surface area (Å²) >= 11 is 0. The predicted molar refractivity (Wildman–Crippen MR) is 442 cm³/mol. The van der Waals surface area contributed by atoms with E-state index in [1.807, 2.05) is 0 Å². The lowest BCUT2D eigenvalue weighted by atomic mass is 10.0. The van der Waals surface area contributed by atoms with Gasteiger partial charge in [-0.1, -0.05) is 426 Å². The molecule has 0 saturated heterocycles. The first-order valence-electron chi connectivity index (χ1n) is 45.6. The van der Waals surface area contributed by atoms with E-state index in [9.17, 15) is 43.2 Å². The molecule has 107 heavy (non-hydrogen) atoms. The average molecular weight is 1560 g/mol. The quantitative estimate of drug-likeness (QED) is 0.0222. The van der Waals surface area contributed by atoms with Crippen molar-refractivity contribution < 1.29 is 80.2 Å². The molecule has 17 nitrogen and oxygen atoms in total. The Morgan fingerprint density at radius 2 is 0.430 bits per heavy atom. The van der Waals surface area contributed by atoms with Crippen LogP contribution in [0.5, 0.6) is 0 Å². The molecule has 19 heteroatoms. The molecule has 0 radical (unpaired) electrons. The molecular formula is C88H172O17P2. The normalized spacial score (nSPS) is 13.7. The van der Waals surface area contributed by atoms with Gasteiger partial charge in [0, 0.05) is 25.7 Å². The van der Waals surface area contributed by atoms with Gasteiger partial charge in [-0.15, -0.1) is 0 Å². The maximum atomic E-state index is 13.2. The first-order valence-corrected chi connectivity index (χ1v) is 48.6. The highest BCUT2D eigenvalue weighted by molar-refractivity contribution is 7.47. The molecular weight excluding hydrogens is 1390 g/mol. The van der Waals surface area contributed by atoms with Crippen LogP contribution < -0.4 is 0 Å². The van der Waals surface area contributed by atoms with Gasteiger partial charge in [0.15, 0.2) is 12.2 Å². The number of phosphoric ester groups is 2. The molecule has 0 spiro atoms. The number of carbonyl (C=O) groups excluding carboxylic acids is 4. The second-order valence-corrected chi connectivity index (χ2v) is 35.0. The maximum absolute atomic E-state index is 13.2. The van der Waals surface area contributed by atoms with E-state index in [1.165, 1.54) is 302 Å².